The number of hydrogen-bond donors (Lipinski definition) is 1. The van der Waals surface area contributed by atoms with Crippen LogP contribution in [0.25, 0.3) is 0 Å². The Balaban J connectivity index is 1.97. The molecule has 1 N–H and O–H groups in total. The van der Waals surface area contributed by atoms with E-state index >= 15 is 0 Å². The fourth-order valence-corrected chi connectivity index (χ4v) is 5.69. The van der Waals surface area contributed by atoms with Gasteiger partial charge in [0.2, 0.25) is 0 Å². The van der Waals surface area contributed by atoms with Crippen molar-refractivity contribution in [2.24, 2.45) is 0 Å². The molecule has 2 aromatic heterocycles. The molecule has 1 aliphatic heterocycles. The highest BCUT2D eigenvalue weighted by Crippen LogP contribution is 2.30. The predicted molar refractivity (Wildman–Crippen MR) is 74.7 cm³/mol. The first kappa shape index (κ1) is 13.7. The van der Waals surface area contributed by atoms with Crippen molar-refractivity contribution in [3.63, 3.8) is 0 Å². The van der Waals surface area contributed by atoms with Gasteiger partial charge in [-0.1, -0.05) is 0 Å². The van der Waals surface area contributed by atoms with Crippen LogP contribution in [0.15, 0.2) is 21.2 Å². The first-order valence-electron chi connectivity index (χ1n) is 5.72. The van der Waals surface area contributed by atoms with Gasteiger partial charge in [0.15, 0.2) is 9.90 Å². The van der Waals surface area contributed by atoms with Gasteiger partial charge in [-0.25, -0.2) is 18.2 Å². The normalized spacial score (nSPS) is 16.0. The van der Waals surface area contributed by atoms with Crippen molar-refractivity contribution in [2.45, 2.75) is 17.2 Å². The number of hydrogen-bond acceptors (Lipinski definition) is 6. The van der Waals surface area contributed by atoms with Crippen LogP contribution in [0.5, 0.6) is 0 Å². The fourth-order valence-electron chi connectivity index (χ4n) is 2.11. The summed E-state index contributed by atoms with van der Waals surface area (Å²) in [5.74, 6) is -1.32. The molecule has 1 aliphatic rings. The van der Waals surface area contributed by atoms with Crippen molar-refractivity contribution >= 4 is 38.7 Å². The van der Waals surface area contributed by atoms with Gasteiger partial charge in [-0.3, -0.25) is 0 Å². The minimum Gasteiger partial charge on any atom is -0.476 e. The first-order chi connectivity index (χ1) is 9.50. The molecule has 0 bridgehead atoms. The van der Waals surface area contributed by atoms with Crippen LogP contribution in [-0.4, -0.2) is 35.3 Å². The number of aromatic nitrogens is 1. The molecule has 0 aromatic carbocycles. The lowest BCUT2D eigenvalue weighted by Crippen LogP contribution is -2.35. The summed E-state index contributed by atoms with van der Waals surface area (Å²) >= 11 is 2.46. The van der Waals surface area contributed by atoms with Gasteiger partial charge in [-0.2, -0.15) is 4.31 Å². The maximum absolute atomic E-state index is 12.5. The van der Waals surface area contributed by atoms with Crippen LogP contribution < -0.4 is 0 Å². The Morgan fingerprint density at radius 1 is 1.40 bits per heavy atom. The second-order valence-electron chi connectivity index (χ2n) is 4.25. The molecular formula is C11H10N2O4S3. The van der Waals surface area contributed by atoms with Gasteiger partial charge < -0.3 is 5.11 Å². The number of carboxylic acid groups (broad SMARTS) is 1. The Morgan fingerprint density at radius 3 is 2.95 bits per heavy atom. The van der Waals surface area contributed by atoms with Crippen LogP contribution in [-0.2, 0) is 23.0 Å². The fraction of sp³-hybridized carbons (Fsp3) is 0.273. The van der Waals surface area contributed by atoms with E-state index in [4.69, 9.17) is 5.11 Å². The Labute approximate surface area is 123 Å². The van der Waals surface area contributed by atoms with Gasteiger partial charge in [0, 0.05) is 18.0 Å². The largest absolute Gasteiger partial charge is 0.476 e. The lowest BCUT2D eigenvalue weighted by Gasteiger charge is -2.25. The van der Waals surface area contributed by atoms with Gasteiger partial charge in [0.05, 0.1) is 5.51 Å². The monoisotopic (exact) mass is 330 g/mol. The number of carbonyl (C=O) groups is 1. The van der Waals surface area contributed by atoms with E-state index < -0.39 is 21.7 Å². The topological polar surface area (TPSA) is 87.6 Å². The Kier molecular flexibility index (Phi) is 3.36. The third kappa shape index (κ3) is 2.16. The van der Waals surface area contributed by atoms with Crippen LogP contribution >= 0.6 is 22.7 Å². The average molecular weight is 330 g/mol. The number of aromatic carboxylic acids is 1. The summed E-state index contributed by atoms with van der Waals surface area (Å²) in [6, 6.07) is 1.91. The zero-order chi connectivity index (χ0) is 14.3. The summed E-state index contributed by atoms with van der Waals surface area (Å²) in [6.45, 7) is 0.658. The molecule has 0 aliphatic carbocycles. The van der Waals surface area contributed by atoms with Crippen molar-refractivity contribution in [1.29, 1.82) is 0 Å². The number of sulfonamides is 1. The summed E-state index contributed by atoms with van der Waals surface area (Å²) in [5, 5.41) is 10.9. The summed E-state index contributed by atoms with van der Waals surface area (Å²) in [6.07, 6.45) is 0.660. The lowest BCUT2D eigenvalue weighted by molar-refractivity contribution is 0.0687. The SMILES string of the molecule is O=C(O)c1ncsc1S(=O)(=O)N1CCc2sccc2C1. The Bertz CT molecular complexity index is 762. The van der Waals surface area contributed by atoms with E-state index in [0.717, 1.165) is 16.9 Å². The van der Waals surface area contributed by atoms with E-state index in [0.29, 0.717) is 13.0 Å². The first-order valence-corrected chi connectivity index (χ1v) is 8.92. The number of rotatable bonds is 3. The predicted octanol–water partition coefficient (Wildman–Crippen LogP) is 1.65. The van der Waals surface area contributed by atoms with E-state index in [-0.39, 0.29) is 10.8 Å². The number of nitrogens with zero attached hydrogens (tertiary/aromatic N) is 2. The molecule has 9 heteroatoms. The molecule has 0 atom stereocenters. The third-order valence-corrected chi connectivity index (χ3v) is 7.30. The van der Waals surface area contributed by atoms with E-state index in [1.54, 1.807) is 11.3 Å². The van der Waals surface area contributed by atoms with Gasteiger partial charge in [-0.05, 0) is 23.4 Å². The number of thiophene rings is 1. The van der Waals surface area contributed by atoms with Crippen LogP contribution in [0, 0.1) is 0 Å². The lowest BCUT2D eigenvalue weighted by atomic mass is 10.1. The van der Waals surface area contributed by atoms with E-state index in [9.17, 15) is 13.2 Å². The molecule has 0 fully saturated rings. The molecule has 106 valence electrons. The second-order valence-corrected chi connectivity index (χ2v) is 8.24. The molecule has 3 heterocycles. The van der Waals surface area contributed by atoms with Crippen molar-refractivity contribution in [3.05, 3.63) is 33.1 Å². The minimum absolute atomic E-state index is 0.191. The van der Waals surface area contributed by atoms with Crippen molar-refractivity contribution in [2.75, 3.05) is 6.54 Å². The van der Waals surface area contributed by atoms with E-state index in [2.05, 4.69) is 4.98 Å². The summed E-state index contributed by atoms with van der Waals surface area (Å²) in [7, 11) is -3.80. The average Bonchev–Trinajstić information content (AvgIpc) is 3.06. The molecule has 0 unspecified atom stereocenters. The maximum Gasteiger partial charge on any atom is 0.356 e. The van der Waals surface area contributed by atoms with E-state index in [1.165, 1.54) is 14.7 Å². The quantitative estimate of drug-likeness (QED) is 0.924. The Morgan fingerprint density at radius 2 is 2.20 bits per heavy atom. The molecule has 0 spiro atoms. The molecular weight excluding hydrogens is 320 g/mol. The maximum atomic E-state index is 12.5. The van der Waals surface area contributed by atoms with Crippen molar-refractivity contribution in [3.8, 4) is 0 Å². The standard InChI is InChI=1S/C11H10N2O4S3/c14-10(15)9-11(19-6-12-9)20(16,17)13-3-1-8-7(5-13)2-4-18-8/h2,4,6H,1,3,5H2,(H,14,15). The highest BCUT2D eigenvalue weighted by atomic mass is 32.2. The molecule has 6 nitrogen and oxygen atoms in total. The molecule has 0 saturated carbocycles. The molecule has 0 saturated heterocycles. The number of carboxylic acids is 1. The minimum atomic E-state index is -3.80. The second kappa shape index (κ2) is 4.92. The molecule has 0 amide bonds. The van der Waals surface area contributed by atoms with Gasteiger partial charge in [0.25, 0.3) is 10.0 Å². The molecule has 20 heavy (non-hydrogen) atoms. The summed E-state index contributed by atoms with van der Waals surface area (Å²) in [4.78, 5) is 15.9. The highest BCUT2D eigenvalue weighted by Gasteiger charge is 2.33. The van der Waals surface area contributed by atoms with E-state index in [1.807, 2.05) is 11.4 Å². The van der Waals surface area contributed by atoms with Crippen molar-refractivity contribution in [1.82, 2.24) is 9.29 Å². The Hall–Kier alpha value is -1.29. The number of thiazole rings is 1. The van der Waals surface area contributed by atoms with Gasteiger partial charge in [0.1, 0.15) is 0 Å². The van der Waals surface area contributed by atoms with Crippen LogP contribution in [0.4, 0.5) is 0 Å². The third-order valence-electron chi connectivity index (χ3n) is 3.08. The molecule has 0 radical (unpaired) electrons. The van der Waals surface area contributed by atoms with Gasteiger partial charge >= 0.3 is 5.97 Å². The zero-order valence-electron chi connectivity index (χ0n) is 10.1. The molecule has 2 aromatic rings. The van der Waals surface area contributed by atoms with Crippen LogP contribution in [0.2, 0.25) is 0 Å². The van der Waals surface area contributed by atoms with Gasteiger partial charge in [-0.15, -0.1) is 22.7 Å². The smallest absolute Gasteiger partial charge is 0.356 e. The summed E-state index contributed by atoms with van der Waals surface area (Å²) in [5.41, 5.74) is 1.84. The van der Waals surface area contributed by atoms with Crippen LogP contribution in [0.3, 0.4) is 0 Å². The highest BCUT2D eigenvalue weighted by molar-refractivity contribution is 7.91. The zero-order valence-corrected chi connectivity index (χ0v) is 12.6. The summed E-state index contributed by atoms with van der Waals surface area (Å²) < 4.78 is 26.2. The molecule has 3 rings (SSSR count). The van der Waals surface area contributed by atoms with Crippen molar-refractivity contribution < 1.29 is 18.3 Å². The van der Waals surface area contributed by atoms with Crippen LogP contribution in [0.1, 0.15) is 20.9 Å². The number of fused-ring (bicyclic) bond motifs is 1.